The lowest BCUT2D eigenvalue weighted by Gasteiger charge is -2.25. The van der Waals surface area contributed by atoms with E-state index >= 15 is 0 Å². The monoisotopic (exact) mass is 443 g/mol. The smallest absolute Gasteiger partial charge is 0.300 e. The van der Waals surface area contributed by atoms with Gasteiger partial charge in [0.25, 0.3) is 11.7 Å². The molecule has 1 aliphatic heterocycles. The van der Waals surface area contributed by atoms with Crippen LogP contribution >= 0.6 is 34.5 Å². The third kappa shape index (κ3) is 3.35. The second kappa shape index (κ2) is 7.67. The molecule has 0 aliphatic carbocycles. The van der Waals surface area contributed by atoms with Gasteiger partial charge in [0.1, 0.15) is 11.8 Å². The maximum Gasteiger partial charge on any atom is 0.300 e. The van der Waals surface area contributed by atoms with Crippen molar-refractivity contribution in [3.63, 3.8) is 0 Å². The molecule has 146 valence electrons. The van der Waals surface area contributed by atoms with E-state index in [-0.39, 0.29) is 16.4 Å². The number of hydrogen-bond acceptors (Lipinski definition) is 4. The van der Waals surface area contributed by atoms with Gasteiger partial charge in [-0.25, -0.2) is 0 Å². The maximum absolute atomic E-state index is 13.0. The molecule has 29 heavy (non-hydrogen) atoms. The number of halogens is 2. The summed E-state index contributed by atoms with van der Waals surface area (Å²) >= 11 is 13.5. The van der Waals surface area contributed by atoms with E-state index in [2.05, 4.69) is 0 Å². The third-order valence-electron chi connectivity index (χ3n) is 4.82. The van der Waals surface area contributed by atoms with Gasteiger partial charge in [-0.1, -0.05) is 41.4 Å². The maximum atomic E-state index is 13.0. The number of carbonyl (C=O) groups is 2. The Hall–Kier alpha value is -2.60. The molecule has 1 aliphatic rings. The first-order valence-electron chi connectivity index (χ1n) is 8.75. The fraction of sp³-hybridized carbons (Fsp3) is 0.0909. The SMILES string of the molecule is Cc1ccsc1C1/C(=C(/O)c2ccc(Cl)c(Cl)c2)C(=O)C(=O)N1c1ccccc1. The number of ketones is 1. The Balaban J connectivity index is 1.96. The standard InChI is InChI=1S/C22H15Cl2NO3S/c1-12-9-10-29-21(12)18-17(19(26)13-7-8-15(23)16(24)11-13)20(27)22(28)25(18)14-5-3-2-4-6-14/h2-11,18,26H,1H3/b19-17-. The lowest BCUT2D eigenvalue weighted by Crippen LogP contribution is -2.29. The first-order valence-corrected chi connectivity index (χ1v) is 10.4. The van der Waals surface area contributed by atoms with Crippen LogP contribution in [0.4, 0.5) is 5.69 Å². The lowest BCUT2D eigenvalue weighted by atomic mass is 9.98. The average Bonchev–Trinajstić information content (AvgIpc) is 3.25. The largest absolute Gasteiger partial charge is 0.507 e. The van der Waals surface area contributed by atoms with E-state index in [1.165, 1.54) is 28.4 Å². The number of rotatable bonds is 3. The van der Waals surface area contributed by atoms with E-state index in [9.17, 15) is 14.7 Å². The molecule has 1 unspecified atom stereocenters. The Kier molecular flexibility index (Phi) is 5.21. The summed E-state index contributed by atoms with van der Waals surface area (Å²) in [5, 5.41) is 13.5. The van der Waals surface area contributed by atoms with Crippen molar-refractivity contribution in [3.05, 3.63) is 91.6 Å². The number of amides is 1. The second-order valence-electron chi connectivity index (χ2n) is 6.60. The number of Topliss-reactive ketones (excluding diaryl/α,β-unsaturated/α-hetero) is 1. The van der Waals surface area contributed by atoms with Crippen molar-refractivity contribution in [1.29, 1.82) is 0 Å². The van der Waals surface area contributed by atoms with Gasteiger partial charge in [-0.05, 0) is 54.3 Å². The lowest BCUT2D eigenvalue weighted by molar-refractivity contribution is -0.132. The first-order chi connectivity index (χ1) is 13.9. The highest BCUT2D eigenvalue weighted by atomic mass is 35.5. The molecule has 7 heteroatoms. The number of benzene rings is 2. The van der Waals surface area contributed by atoms with Gasteiger partial charge in [0.2, 0.25) is 0 Å². The molecule has 2 aromatic carbocycles. The highest BCUT2D eigenvalue weighted by Crippen LogP contribution is 2.45. The average molecular weight is 444 g/mol. The number of hydrogen-bond donors (Lipinski definition) is 1. The number of carbonyl (C=O) groups excluding carboxylic acids is 2. The molecule has 1 atom stereocenters. The number of nitrogens with zero attached hydrogens (tertiary/aromatic N) is 1. The van der Waals surface area contributed by atoms with Gasteiger partial charge in [-0.2, -0.15) is 0 Å². The minimum absolute atomic E-state index is 0.0304. The predicted molar refractivity (Wildman–Crippen MR) is 117 cm³/mol. The third-order valence-corrected chi connectivity index (χ3v) is 6.63. The fourth-order valence-electron chi connectivity index (χ4n) is 3.40. The number of para-hydroxylation sites is 1. The van der Waals surface area contributed by atoms with Gasteiger partial charge in [0.15, 0.2) is 0 Å². The summed E-state index contributed by atoms with van der Waals surface area (Å²) in [4.78, 5) is 28.2. The highest BCUT2D eigenvalue weighted by molar-refractivity contribution is 7.10. The number of aryl methyl sites for hydroxylation is 1. The van der Waals surface area contributed by atoms with E-state index in [4.69, 9.17) is 23.2 Å². The quantitative estimate of drug-likeness (QED) is 0.307. The summed E-state index contributed by atoms with van der Waals surface area (Å²) < 4.78 is 0. The number of aliphatic hydroxyl groups excluding tert-OH is 1. The topological polar surface area (TPSA) is 57.6 Å². The minimum Gasteiger partial charge on any atom is -0.507 e. The van der Waals surface area contributed by atoms with Gasteiger partial charge in [-0.15, -0.1) is 11.3 Å². The molecule has 1 amide bonds. The predicted octanol–water partition coefficient (Wildman–Crippen LogP) is 5.99. The van der Waals surface area contributed by atoms with Crippen LogP contribution in [0.3, 0.4) is 0 Å². The molecule has 0 bridgehead atoms. The Morgan fingerprint density at radius 3 is 2.38 bits per heavy atom. The zero-order chi connectivity index (χ0) is 20.7. The van der Waals surface area contributed by atoms with Gasteiger partial charge >= 0.3 is 0 Å². The molecule has 0 saturated carbocycles. The van der Waals surface area contributed by atoms with E-state index in [1.54, 1.807) is 30.3 Å². The number of thiophene rings is 1. The molecule has 4 nitrogen and oxygen atoms in total. The van der Waals surface area contributed by atoms with Gasteiger partial charge < -0.3 is 5.11 Å². The van der Waals surface area contributed by atoms with Crippen LogP contribution < -0.4 is 4.90 Å². The van der Waals surface area contributed by atoms with Crippen LogP contribution in [0.25, 0.3) is 5.76 Å². The molecule has 0 radical (unpaired) electrons. The Morgan fingerprint density at radius 1 is 1.03 bits per heavy atom. The van der Waals surface area contributed by atoms with Crippen molar-refractivity contribution in [2.24, 2.45) is 0 Å². The zero-order valence-electron chi connectivity index (χ0n) is 15.2. The highest BCUT2D eigenvalue weighted by Gasteiger charge is 2.47. The van der Waals surface area contributed by atoms with Crippen molar-refractivity contribution < 1.29 is 14.7 Å². The summed E-state index contributed by atoms with van der Waals surface area (Å²) in [6.45, 7) is 1.91. The van der Waals surface area contributed by atoms with E-state index in [1.807, 2.05) is 24.4 Å². The van der Waals surface area contributed by atoms with E-state index < -0.39 is 17.7 Å². The van der Waals surface area contributed by atoms with Gasteiger partial charge in [0.05, 0.1) is 15.6 Å². The summed E-state index contributed by atoms with van der Waals surface area (Å²) in [6, 6.07) is 14.7. The Morgan fingerprint density at radius 2 is 1.76 bits per heavy atom. The molecule has 4 rings (SSSR count). The molecule has 1 fully saturated rings. The molecule has 1 N–H and O–H groups in total. The summed E-state index contributed by atoms with van der Waals surface area (Å²) in [7, 11) is 0. The van der Waals surface area contributed by atoms with E-state index in [0.29, 0.717) is 16.3 Å². The minimum atomic E-state index is -0.741. The molecule has 1 aromatic heterocycles. The molecule has 2 heterocycles. The number of anilines is 1. The first kappa shape index (κ1) is 19.7. The summed E-state index contributed by atoms with van der Waals surface area (Å²) in [6.07, 6.45) is 0. The Labute approximate surface area is 181 Å². The van der Waals surface area contributed by atoms with Crippen molar-refractivity contribution in [1.82, 2.24) is 0 Å². The van der Waals surface area contributed by atoms with Crippen molar-refractivity contribution in [2.75, 3.05) is 4.90 Å². The summed E-state index contributed by atoms with van der Waals surface area (Å²) in [5.74, 6) is -1.70. The molecule has 0 spiro atoms. The van der Waals surface area contributed by atoms with E-state index in [0.717, 1.165) is 10.4 Å². The normalized spacial score (nSPS) is 18.4. The van der Waals surface area contributed by atoms with Crippen molar-refractivity contribution in [2.45, 2.75) is 13.0 Å². The molecule has 3 aromatic rings. The van der Waals surface area contributed by atoms with Gasteiger partial charge in [-0.3, -0.25) is 14.5 Å². The molecule has 1 saturated heterocycles. The second-order valence-corrected chi connectivity index (χ2v) is 8.36. The number of aliphatic hydroxyl groups is 1. The van der Waals surface area contributed by atoms with Crippen LogP contribution in [0, 0.1) is 6.92 Å². The van der Waals surface area contributed by atoms with Crippen molar-refractivity contribution >= 4 is 57.7 Å². The van der Waals surface area contributed by atoms with Crippen LogP contribution in [-0.2, 0) is 9.59 Å². The zero-order valence-corrected chi connectivity index (χ0v) is 17.6. The Bertz CT molecular complexity index is 1150. The molecular formula is C22H15Cl2NO3S. The van der Waals surface area contributed by atoms with Crippen LogP contribution in [-0.4, -0.2) is 16.8 Å². The van der Waals surface area contributed by atoms with Crippen LogP contribution in [0.1, 0.15) is 22.0 Å². The summed E-state index contributed by atoms with van der Waals surface area (Å²) in [5.41, 5.74) is 1.87. The van der Waals surface area contributed by atoms with Crippen LogP contribution in [0.15, 0.2) is 65.6 Å². The fourth-order valence-corrected chi connectivity index (χ4v) is 4.72. The van der Waals surface area contributed by atoms with Crippen LogP contribution in [0.2, 0.25) is 10.0 Å². The van der Waals surface area contributed by atoms with Crippen LogP contribution in [0.5, 0.6) is 0 Å². The molecular weight excluding hydrogens is 429 g/mol. The van der Waals surface area contributed by atoms with Gasteiger partial charge in [0, 0.05) is 16.1 Å². The van der Waals surface area contributed by atoms with Crippen molar-refractivity contribution in [3.8, 4) is 0 Å².